The number of nitrogens with one attached hydrogen (secondary N) is 1. The van der Waals surface area contributed by atoms with E-state index in [0.717, 1.165) is 68.1 Å². The van der Waals surface area contributed by atoms with Crippen LogP contribution in [0.2, 0.25) is 0 Å². The van der Waals surface area contributed by atoms with E-state index in [-0.39, 0.29) is 5.91 Å². The summed E-state index contributed by atoms with van der Waals surface area (Å²) in [6.07, 6.45) is 0.868. The zero-order valence-corrected chi connectivity index (χ0v) is 16.1. The molecular weight excluding hydrogens is 354 g/mol. The highest BCUT2D eigenvalue weighted by Gasteiger charge is 2.14. The molecule has 1 aliphatic rings. The SMILES string of the molecule is CCc1ccccc1NC(=O)c1ccc2c(c1)nnn2CCN1CCOCC1. The van der Waals surface area contributed by atoms with Gasteiger partial charge in [-0.05, 0) is 36.2 Å². The van der Waals surface area contributed by atoms with Gasteiger partial charge in [0.2, 0.25) is 0 Å². The van der Waals surface area contributed by atoms with Crippen LogP contribution in [0.1, 0.15) is 22.8 Å². The van der Waals surface area contributed by atoms with Crippen LogP contribution in [-0.2, 0) is 17.7 Å². The van der Waals surface area contributed by atoms with Crippen LogP contribution in [0.4, 0.5) is 5.69 Å². The second-order valence-electron chi connectivity index (χ2n) is 6.93. The molecule has 0 aliphatic carbocycles. The number of carbonyl (C=O) groups is 1. The van der Waals surface area contributed by atoms with Crippen molar-refractivity contribution in [3.8, 4) is 0 Å². The summed E-state index contributed by atoms with van der Waals surface area (Å²) in [5.74, 6) is -0.134. The molecule has 7 nitrogen and oxygen atoms in total. The summed E-state index contributed by atoms with van der Waals surface area (Å²) in [6, 6.07) is 13.4. The lowest BCUT2D eigenvalue weighted by Gasteiger charge is -2.26. The summed E-state index contributed by atoms with van der Waals surface area (Å²) in [6.45, 7) is 7.25. The second kappa shape index (κ2) is 8.50. The normalized spacial score (nSPS) is 15.0. The van der Waals surface area contributed by atoms with Crippen molar-refractivity contribution in [1.82, 2.24) is 19.9 Å². The maximum Gasteiger partial charge on any atom is 0.255 e. The van der Waals surface area contributed by atoms with Gasteiger partial charge in [0, 0.05) is 30.9 Å². The fourth-order valence-corrected chi connectivity index (χ4v) is 3.48. The average Bonchev–Trinajstić information content (AvgIpc) is 3.15. The van der Waals surface area contributed by atoms with E-state index in [1.165, 1.54) is 0 Å². The molecule has 1 saturated heterocycles. The van der Waals surface area contributed by atoms with E-state index in [1.54, 1.807) is 6.07 Å². The number of aromatic nitrogens is 3. The first kappa shape index (κ1) is 18.6. The predicted molar refractivity (Wildman–Crippen MR) is 109 cm³/mol. The molecule has 1 fully saturated rings. The number of hydrogen-bond acceptors (Lipinski definition) is 5. The van der Waals surface area contributed by atoms with Crippen LogP contribution >= 0.6 is 0 Å². The molecule has 7 heteroatoms. The number of ether oxygens (including phenoxy) is 1. The van der Waals surface area contributed by atoms with Crippen LogP contribution in [0.15, 0.2) is 42.5 Å². The van der Waals surface area contributed by atoms with E-state index in [1.807, 2.05) is 41.1 Å². The number of fused-ring (bicyclic) bond motifs is 1. The zero-order chi connectivity index (χ0) is 19.3. The largest absolute Gasteiger partial charge is 0.379 e. The van der Waals surface area contributed by atoms with Gasteiger partial charge in [0.25, 0.3) is 5.91 Å². The Kier molecular flexibility index (Phi) is 5.64. The number of amides is 1. The molecule has 1 aromatic heterocycles. The van der Waals surface area contributed by atoms with Crippen molar-refractivity contribution in [1.29, 1.82) is 0 Å². The van der Waals surface area contributed by atoms with E-state index in [4.69, 9.17) is 4.74 Å². The number of para-hydroxylation sites is 1. The summed E-state index contributed by atoms with van der Waals surface area (Å²) < 4.78 is 7.29. The maximum absolute atomic E-state index is 12.7. The Morgan fingerprint density at radius 2 is 1.96 bits per heavy atom. The van der Waals surface area contributed by atoms with E-state index in [2.05, 4.69) is 27.5 Å². The third-order valence-corrected chi connectivity index (χ3v) is 5.15. The molecule has 0 saturated carbocycles. The van der Waals surface area contributed by atoms with E-state index >= 15 is 0 Å². The topological polar surface area (TPSA) is 72.3 Å². The summed E-state index contributed by atoms with van der Waals surface area (Å²) in [4.78, 5) is 15.0. The molecule has 0 spiro atoms. The molecule has 0 bridgehead atoms. The average molecular weight is 379 g/mol. The number of nitrogens with zero attached hydrogens (tertiary/aromatic N) is 4. The van der Waals surface area contributed by atoms with E-state index in [0.29, 0.717) is 5.56 Å². The van der Waals surface area contributed by atoms with Gasteiger partial charge in [-0.1, -0.05) is 30.3 Å². The van der Waals surface area contributed by atoms with Gasteiger partial charge >= 0.3 is 0 Å². The predicted octanol–water partition coefficient (Wildman–Crippen LogP) is 2.58. The fourth-order valence-electron chi connectivity index (χ4n) is 3.48. The lowest BCUT2D eigenvalue weighted by Crippen LogP contribution is -2.38. The highest BCUT2D eigenvalue weighted by Crippen LogP contribution is 2.19. The van der Waals surface area contributed by atoms with Gasteiger partial charge in [0.1, 0.15) is 5.52 Å². The van der Waals surface area contributed by atoms with Gasteiger partial charge in [-0.15, -0.1) is 5.10 Å². The Morgan fingerprint density at radius 1 is 1.14 bits per heavy atom. The van der Waals surface area contributed by atoms with Crippen molar-refractivity contribution in [3.63, 3.8) is 0 Å². The van der Waals surface area contributed by atoms with Crippen LogP contribution in [0.25, 0.3) is 11.0 Å². The first-order valence-electron chi connectivity index (χ1n) is 9.77. The first-order valence-corrected chi connectivity index (χ1v) is 9.77. The number of aryl methyl sites for hydroxylation is 1. The first-order chi connectivity index (χ1) is 13.7. The van der Waals surface area contributed by atoms with Crippen molar-refractivity contribution >= 4 is 22.6 Å². The summed E-state index contributed by atoms with van der Waals surface area (Å²) in [5, 5.41) is 11.5. The van der Waals surface area contributed by atoms with Crippen LogP contribution in [-0.4, -0.2) is 58.6 Å². The Balaban J connectivity index is 1.46. The molecule has 0 radical (unpaired) electrons. The van der Waals surface area contributed by atoms with Gasteiger partial charge in [-0.3, -0.25) is 9.69 Å². The van der Waals surface area contributed by atoms with Gasteiger partial charge in [0.15, 0.2) is 0 Å². The molecule has 2 heterocycles. The third kappa shape index (κ3) is 4.05. The highest BCUT2D eigenvalue weighted by molar-refractivity contribution is 6.06. The minimum absolute atomic E-state index is 0.134. The van der Waals surface area contributed by atoms with E-state index in [9.17, 15) is 4.79 Å². The molecule has 28 heavy (non-hydrogen) atoms. The number of benzene rings is 2. The van der Waals surface area contributed by atoms with Gasteiger partial charge in [-0.25, -0.2) is 4.68 Å². The van der Waals surface area contributed by atoms with Crippen LogP contribution in [0.5, 0.6) is 0 Å². The zero-order valence-electron chi connectivity index (χ0n) is 16.1. The van der Waals surface area contributed by atoms with Gasteiger partial charge in [0.05, 0.1) is 25.3 Å². The second-order valence-corrected chi connectivity index (χ2v) is 6.93. The minimum atomic E-state index is -0.134. The van der Waals surface area contributed by atoms with Gasteiger partial charge in [-0.2, -0.15) is 0 Å². The Hall–Kier alpha value is -2.77. The van der Waals surface area contributed by atoms with E-state index < -0.39 is 0 Å². The van der Waals surface area contributed by atoms with Crippen molar-refractivity contribution < 1.29 is 9.53 Å². The van der Waals surface area contributed by atoms with Crippen molar-refractivity contribution in [2.75, 3.05) is 38.2 Å². The molecular formula is C21H25N5O2. The molecule has 0 atom stereocenters. The van der Waals surface area contributed by atoms with Crippen molar-refractivity contribution in [2.45, 2.75) is 19.9 Å². The molecule has 146 valence electrons. The molecule has 3 aromatic rings. The number of rotatable bonds is 6. The summed E-state index contributed by atoms with van der Waals surface area (Å²) >= 11 is 0. The number of carbonyl (C=O) groups excluding carboxylic acids is 1. The van der Waals surface area contributed by atoms with Crippen LogP contribution in [0, 0.1) is 0 Å². The monoisotopic (exact) mass is 379 g/mol. The standard InChI is InChI=1S/C21H25N5O2/c1-2-16-5-3-4-6-18(16)22-21(27)17-7-8-20-19(15-17)23-24-26(20)10-9-25-11-13-28-14-12-25/h3-8,15H,2,9-14H2,1H3,(H,22,27). The van der Waals surface area contributed by atoms with Crippen molar-refractivity contribution in [3.05, 3.63) is 53.6 Å². The molecule has 0 unspecified atom stereocenters. The molecule has 1 N–H and O–H groups in total. The molecule has 1 amide bonds. The smallest absolute Gasteiger partial charge is 0.255 e. The van der Waals surface area contributed by atoms with Crippen molar-refractivity contribution in [2.24, 2.45) is 0 Å². The third-order valence-electron chi connectivity index (χ3n) is 5.15. The fraction of sp³-hybridized carbons (Fsp3) is 0.381. The van der Waals surface area contributed by atoms with Crippen LogP contribution in [0.3, 0.4) is 0 Å². The molecule has 2 aromatic carbocycles. The quantitative estimate of drug-likeness (QED) is 0.713. The lowest BCUT2D eigenvalue weighted by molar-refractivity contribution is 0.0360. The number of anilines is 1. The Morgan fingerprint density at radius 3 is 2.79 bits per heavy atom. The Labute approximate surface area is 164 Å². The van der Waals surface area contributed by atoms with Gasteiger partial charge < -0.3 is 10.1 Å². The summed E-state index contributed by atoms with van der Waals surface area (Å²) in [7, 11) is 0. The van der Waals surface area contributed by atoms with Crippen LogP contribution < -0.4 is 5.32 Å². The number of hydrogen-bond donors (Lipinski definition) is 1. The minimum Gasteiger partial charge on any atom is -0.379 e. The maximum atomic E-state index is 12.7. The molecule has 4 rings (SSSR count). The lowest BCUT2D eigenvalue weighted by atomic mass is 10.1. The Bertz CT molecular complexity index is 962. The molecule has 1 aliphatic heterocycles. The summed E-state index contributed by atoms with van der Waals surface area (Å²) in [5.41, 5.74) is 4.23. The highest BCUT2D eigenvalue weighted by atomic mass is 16.5. The number of morpholine rings is 1.